The molecule has 1 unspecified atom stereocenters. The second-order valence-electron chi connectivity index (χ2n) is 5.38. The normalized spacial score (nSPS) is 28.2. The second-order valence-corrected chi connectivity index (χ2v) is 5.38. The summed E-state index contributed by atoms with van der Waals surface area (Å²) in [6.07, 6.45) is 7.38. The summed E-state index contributed by atoms with van der Waals surface area (Å²) in [5.41, 5.74) is 0.193. The van der Waals surface area contributed by atoms with Crippen molar-refractivity contribution >= 4 is 11.7 Å². The fourth-order valence-corrected chi connectivity index (χ4v) is 2.98. The topological polar surface area (TPSA) is 37.4 Å². The van der Waals surface area contributed by atoms with Crippen LogP contribution in [0.3, 0.4) is 0 Å². The fourth-order valence-electron chi connectivity index (χ4n) is 2.98. The first-order valence-corrected chi connectivity index (χ1v) is 6.72. The predicted octanol–water partition coefficient (Wildman–Crippen LogP) is 2.48. The lowest BCUT2D eigenvalue weighted by Crippen LogP contribution is -2.47. The van der Waals surface area contributed by atoms with Gasteiger partial charge in [-0.25, -0.2) is 0 Å². The minimum atomic E-state index is -0.950. The highest BCUT2D eigenvalue weighted by Crippen LogP contribution is 2.37. The standard InChI is InChI=1S/C15H21NO2/c1-3-8-15(11-12(2)6-7-13(15)17)14(18)16-9-4-5-10-16/h3,11H,1,4-10H2,2H3. The van der Waals surface area contributed by atoms with Gasteiger partial charge in [-0.05, 0) is 32.6 Å². The van der Waals surface area contributed by atoms with E-state index in [9.17, 15) is 9.59 Å². The van der Waals surface area contributed by atoms with Crippen molar-refractivity contribution < 1.29 is 9.59 Å². The number of Topliss-reactive ketones (excluding diaryl/α,β-unsaturated/α-hetero) is 1. The molecule has 98 valence electrons. The number of hydrogen-bond acceptors (Lipinski definition) is 2. The third kappa shape index (κ3) is 2.14. The highest BCUT2D eigenvalue weighted by Gasteiger charge is 2.46. The van der Waals surface area contributed by atoms with Crippen LogP contribution in [-0.2, 0) is 9.59 Å². The van der Waals surface area contributed by atoms with Crippen molar-refractivity contribution in [1.29, 1.82) is 0 Å². The molecule has 0 N–H and O–H groups in total. The molecule has 3 nitrogen and oxygen atoms in total. The van der Waals surface area contributed by atoms with Crippen LogP contribution in [0.25, 0.3) is 0 Å². The molecule has 2 rings (SSSR count). The van der Waals surface area contributed by atoms with Gasteiger partial charge in [-0.15, -0.1) is 6.58 Å². The number of carbonyl (C=O) groups excluding carboxylic acids is 2. The van der Waals surface area contributed by atoms with E-state index in [-0.39, 0.29) is 11.7 Å². The zero-order valence-electron chi connectivity index (χ0n) is 11.1. The van der Waals surface area contributed by atoms with E-state index in [1.165, 1.54) is 0 Å². The monoisotopic (exact) mass is 247 g/mol. The molecule has 1 amide bonds. The first-order valence-electron chi connectivity index (χ1n) is 6.72. The van der Waals surface area contributed by atoms with Gasteiger partial charge in [0, 0.05) is 19.5 Å². The van der Waals surface area contributed by atoms with Gasteiger partial charge in [0.1, 0.15) is 5.41 Å². The third-order valence-electron chi connectivity index (χ3n) is 3.98. The van der Waals surface area contributed by atoms with Crippen LogP contribution in [0.5, 0.6) is 0 Å². The first-order chi connectivity index (χ1) is 8.60. The summed E-state index contributed by atoms with van der Waals surface area (Å²) in [5.74, 6) is 0.0499. The molecule has 3 heteroatoms. The first kappa shape index (κ1) is 13.1. The summed E-state index contributed by atoms with van der Waals surface area (Å²) in [6.45, 7) is 7.30. The van der Waals surface area contributed by atoms with Crippen molar-refractivity contribution in [3.05, 3.63) is 24.3 Å². The Morgan fingerprint density at radius 2 is 2.11 bits per heavy atom. The van der Waals surface area contributed by atoms with E-state index in [0.29, 0.717) is 12.8 Å². The third-order valence-corrected chi connectivity index (χ3v) is 3.98. The van der Waals surface area contributed by atoms with Crippen molar-refractivity contribution in [3.8, 4) is 0 Å². The molecule has 1 atom stereocenters. The Kier molecular flexibility index (Phi) is 3.69. The Morgan fingerprint density at radius 3 is 2.72 bits per heavy atom. The largest absolute Gasteiger partial charge is 0.342 e. The van der Waals surface area contributed by atoms with Crippen molar-refractivity contribution in [2.75, 3.05) is 13.1 Å². The van der Waals surface area contributed by atoms with E-state index < -0.39 is 5.41 Å². The molecule has 0 aromatic heterocycles. The van der Waals surface area contributed by atoms with Crippen molar-refractivity contribution in [3.63, 3.8) is 0 Å². The molecule has 0 bridgehead atoms. The Labute approximate surface area is 109 Å². The Morgan fingerprint density at radius 1 is 1.44 bits per heavy atom. The summed E-state index contributed by atoms with van der Waals surface area (Å²) in [5, 5.41) is 0. The summed E-state index contributed by atoms with van der Waals surface area (Å²) in [4.78, 5) is 26.8. The number of nitrogens with zero attached hydrogens (tertiary/aromatic N) is 1. The number of carbonyl (C=O) groups is 2. The fraction of sp³-hybridized carbons (Fsp3) is 0.600. The van der Waals surface area contributed by atoms with Gasteiger partial charge < -0.3 is 4.90 Å². The molecular formula is C15H21NO2. The van der Waals surface area contributed by atoms with Crippen LogP contribution in [0.15, 0.2) is 24.3 Å². The predicted molar refractivity (Wildman–Crippen MR) is 71.1 cm³/mol. The van der Waals surface area contributed by atoms with E-state index in [1.807, 2.05) is 17.9 Å². The van der Waals surface area contributed by atoms with Crippen LogP contribution in [0, 0.1) is 5.41 Å². The number of rotatable bonds is 3. The minimum Gasteiger partial charge on any atom is -0.342 e. The lowest BCUT2D eigenvalue weighted by molar-refractivity contribution is -0.146. The Balaban J connectivity index is 2.35. The smallest absolute Gasteiger partial charge is 0.240 e. The summed E-state index contributed by atoms with van der Waals surface area (Å²) < 4.78 is 0. The molecule has 1 saturated heterocycles. The molecule has 0 radical (unpaired) electrons. The molecule has 1 aliphatic carbocycles. The summed E-state index contributed by atoms with van der Waals surface area (Å²) in [7, 11) is 0. The maximum atomic E-state index is 12.7. The number of likely N-dealkylation sites (tertiary alicyclic amines) is 1. The molecule has 0 spiro atoms. The van der Waals surface area contributed by atoms with Crippen LogP contribution in [0.2, 0.25) is 0 Å². The van der Waals surface area contributed by atoms with Crippen LogP contribution >= 0.6 is 0 Å². The molecule has 1 aliphatic heterocycles. The van der Waals surface area contributed by atoms with E-state index in [0.717, 1.165) is 37.9 Å². The van der Waals surface area contributed by atoms with Crippen LogP contribution in [0.1, 0.15) is 39.0 Å². The summed E-state index contributed by atoms with van der Waals surface area (Å²) >= 11 is 0. The molecule has 0 aromatic rings. The number of allylic oxidation sites excluding steroid dienone is 2. The van der Waals surface area contributed by atoms with Gasteiger partial charge in [-0.1, -0.05) is 17.7 Å². The molecule has 2 aliphatic rings. The second kappa shape index (κ2) is 5.09. The van der Waals surface area contributed by atoms with Crippen molar-refractivity contribution in [2.24, 2.45) is 5.41 Å². The van der Waals surface area contributed by atoms with Crippen LogP contribution in [-0.4, -0.2) is 29.7 Å². The maximum absolute atomic E-state index is 12.7. The van der Waals surface area contributed by atoms with E-state index in [4.69, 9.17) is 0 Å². The van der Waals surface area contributed by atoms with Crippen LogP contribution < -0.4 is 0 Å². The highest BCUT2D eigenvalue weighted by molar-refractivity contribution is 6.09. The number of ketones is 1. The molecule has 18 heavy (non-hydrogen) atoms. The van der Waals surface area contributed by atoms with E-state index in [2.05, 4.69) is 6.58 Å². The Bertz CT molecular complexity index is 405. The van der Waals surface area contributed by atoms with Gasteiger partial charge in [0.15, 0.2) is 5.78 Å². The zero-order chi connectivity index (χ0) is 13.2. The quantitative estimate of drug-likeness (QED) is 0.567. The molecule has 1 fully saturated rings. The summed E-state index contributed by atoms with van der Waals surface area (Å²) in [6, 6.07) is 0. The van der Waals surface area contributed by atoms with E-state index >= 15 is 0 Å². The lowest BCUT2D eigenvalue weighted by Gasteiger charge is -2.34. The Hall–Kier alpha value is -1.38. The van der Waals surface area contributed by atoms with Crippen molar-refractivity contribution in [2.45, 2.75) is 39.0 Å². The maximum Gasteiger partial charge on any atom is 0.240 e. The zero-order valence-corrected chi connectivity index (χ0v) is 11.1. The average molecular weight is 247 g/mol. The molecule has 1 heterocycles. The number of hydrogen-bond donors (Lipinski definition) is 0. The van der Waals surface area contributed by atoms with E-state index in [1.54, 1.807) is 6.08 Å². The van der Waals surface area contributed by atoms with Gasteiger partial charge in [0.05, 0.1) is 0 Å². The number of amides is 1. The molecular weight excluding hydrogens is 226 g/mol. The van der Waals surface area contributed by atoms with Gasteiger partial charge in [0.2, 0.25) is 5.91 Å². The van der Waals surface area contributed by atoms with Gasteiger partial charge in [-0.3, -0.25) is 9.59 Å². The van der Waals surface area contributed by atoms with Gasteiger partial charge >= 0.3 is 0 Å². The minimum absolute atomic E-state index is 0.0102. The van der Waals surface area contributed by atoms with Gasteiger partial charge in [-0.2, -0.15) is 0 Å². The molecule has 0 saturated carbocycles. The molecule has 0 aromatic carbocycles. The highest BCUT2D eigenvalue weighted by atomic mass is 16.2. The van der Waals surface area contributed by atoms with Gasteiger partial charge in [0.25, 0.3) is 0 Å². The average Bonchev–Trinajstić information content (AvgIpc) is 2.87. The van der Waals surface area contributed by atoms with Crippen molar-refractivity contribution in [1.82, 2.24) is 4.90 Å². The lowest BCUT2D eigenvalue weighted by atomic mass is 9.72. The SMILES string of the molecule is C=CCC1(C(=O)N2CCCC2)C=C(C)CCC1=O. The van der Waals surface area contributed by atoms with Crippen LogP contribution in [0.4, 0.5) is 0 Å².